The second-order valence-electron chi connectivity index (χ2n) is 4.03. The minimum atomic E-state index is -0.896. The maximum absolute atomic E-state index is 11.8. The summed E-state index contributed by atoms with van der Waals surface area (Å²) in [6.45, 7) is 2.89. The first-order valence-corrected chi connectivity index (χ1v) is 6.31. The zero-order chi connectivity index (χ0) is 14.1. The molecule has 0 radical (unpaired) electrons. The van der Waals surface area contributed by atoms with Gasteiger partial charge in [-0.2, -0.15) is 0 Å². The lowest BCUT2D eigenvalue weighted by Gasteiger charge is -2.20. The Balaban J connectivity index is 2.30. The number of amides is 1. The molecule has 0 aliphatic heterocycles. The Morgan fingerprint density at radius 3 is 2.47 bits per heavy atom. The van der Waals surface area contributed by atoms with Gasteiger partial charge in [-0.15, -0.1) is 0 Å². The lowest BCUT2D eigenvalue weighted by Crippen LogP contribution is -2.33. The van der Waals surface area contributed by atoms with Crippen molar-refractivity contribution in [3.63, 3.8) is 0 Å². The van der Waals surface area contributed by atoms with Crippen LogP contribution in [0, 0.1) is 0 Å². The average molecular weight is 265 g/mol. The van der Waals surface area contributed by atoms with Crippen molar-refractivity contribution in [2.45, 2.75) is 19.8 Å². The number of ether oxygens (including phenoxy) is 1. The normalized spacial score (nSPS) is 9.95. The second-order valence-corrected chi connectivity index (χ2v) is 4.03. The number of rotatable bonds is 8. The summed E-state index contributed by atoms with van der Waals surface area (Å²) < 4.78 is 5.43. The number of para-hydroxylation sites is 1. The minimum absolute atomic E-state index is 0.0286. The topological polar surface area (TPSA) is 66.8 Å². The predicted octanol–water partition coefficient (Wildman–Crippen LogP) is 1.78. The molecule has 104 valence electrons. The molecule has 1 aromatic rings. The van der Waals surface area contributed by atoms with Gasteiger partial charge < -0.3 is 14.7 Å². The molecule has 0 saturated carbocycles. The number of carboxylic acids is 1. The Morgan fingerprint density at radius 2 is 1.89 bits per heavy atom. The largest absolute Gasteiger partial charge is 0.493 e. The molecule has 0 fully saturated rings. The monoisotopic (exact) mass is 265 g/mol. The maximum atomic E-state index is 11.8. The summed E-state index contributed by atoms with van der Waals surface area (Å²) in [6.07, 6.45) is 0.224. The predicted molar refractivity (Wildman–Crippen MR) is 71.1 cm³/mol. The number of hydrogen-bond acceptors (Lipinski definition) is 3. The molecule has 0 heterocycles. The molecule has 0 atom stereocenters. The summed E-state index contributed by atoms with van der Waals surface area (Å²) in [5.41, 5.74) is 0. The van der Waals surface area contributed by atoms with Crippen LogP contribution < -0.4 is 4.74 Å². The van der Waals surface area contributed by atoms with Crippen LogP contribution in [-0.2, 0) is 9.59 Å². The van der Waals surface area contributed by atoms with E-state index in [9.17, 15) is 9.59 Å². The van der Waals surface area contributed by atoms with E-state index in [1.165, 1.54) is 4.90 Å². The standard InChI is InChI=1S/C14H19NO4/c1-2-15(10-8-14(17)18)13(16)9-11-19-12-6-4-3-5-7-12/h3-7H,2,8-11H2,1H3,(H,17,18). The fourth-order valence-corrected chi connectivity index (χ4v) is 1.62. The molecule has 1 rings (SSSR count). The molecular formula is C14H19NO4. The molecule has 1 N–H and O–H groups in total. The van der Waals surface area contributed by atoms with Crippen molar-refractivity contribution in [3.8, 4) is 5.75 Å². The van der Waals surface area contributed by atoms with Gasteiger partial charge >= 0.3 is 5.97 Å². The Labute approximate surface area is 112 Å². The third-order valence-electron chi connectivity index (χ3n) is 2.66. The summed E-state index contributed by atoms with van der Waals surface area (Å²) in [7, 11) is 0. The van der Waals surface area contributed by atoms with Crippen LogP contribution in [0.15, 0.2) is 30.3 Å². The Morgan fingerprint density at radius 1 is 1.21 bits per heavy atom. The minimum Gasteiger partial charge on any atom is -0.493 e. The first-order chi connectivity index (χ1) is 9.13. The first-order valence-electron chi connectivity index (χ1n) is 6.31. The molecule has 0 saturated heterocycles. The van der Waals surface area contributed by atoms with Gasteiger partial charge in [0.15, 0.2) is 0 Å². The number of benzene rings is 1. The number of hydrogen-bond donors (Lipinski definition) is 1. The van der Waals surface area contributed by atoms with Gasteiger partial charge in [-0.05, 0) is 19.1 Å². The lowest BCUT2D eigenvalue weighted by molar-refractivity contribution is -0.138. The van der Waals surface area contributed by atoms with E-state index < -0.39 is 5.97 Å². The van der Waals surface area contributed by atoms with Crippen molar-refractivity contribution in [2.75, 3.05) is 19.7 Å². The van der Waals surface area contributed by atoms with Crippen LogP contribution in [0.4, 0.5) is 0 Å². The van der Waals surface area contributed by atoms with Gasteiger partial charge in [0.25, 0.3) is 0 Å². The molecular weight excluding hydrogens is 246 g/mol. The van der Waals surface area contributed by atoms with Crippen LogP contribution in [-0.4, -0.2) is 41.6 Å². The van der Waals surface area contributed by atoms with E-state index in [2.05, 4.69) is 0 Å². The van der Waals surface area contributed by atoms with E-state index in [0.29, 0.717) is 13.2 Å². The summed E-state index contributed by atoms with van der Waals surface area (Å²) >= 11 is 0. The van der Waals surface area contributed by atoms with Gasteiger partial charge in [-0.1, -0.05) is 18.2 Å². The van der Waals surface area contributed by atoms with E-state index >= 15 is 0 Å². The van der Waals surface area contributed by atoms with Crippen molar-refractivity contribution >= 4 is 11.9 Å². The SMILES string of the molecule is CCN(CCC(=O)O)C(=O)CCOc1ccccc1. The molecule has 0 aromatic heterocycles. The summed E-state index contributed by atoms with van der Waals surface area (Å²) in [5.74, 6) is -0.254. The Kier molecular flexibility index (Phi) is 6.43. The first kappa shape index (κ1) is 15.0. The van der Waals surface area contributed by atoms with Crippen LogP contribution in [0.5, 0.6) is 5.75 Å². The lowest BCUT2D eigenvalue weighted by atomic mass is 10.3. The third kappa shape index (κ3) is 5.90. The van der Waals surface area contributed by atoms with Gasteiger partial charge in [0, 0.05) is 13.1 Å². The van der Waals surface area contributed by atoms with Gasteiger partial charge in [-0.3, -0.25) is 9.59 Å². The molecule has 0 unspecified atom stereocenters. The molecule has 1 aromatic carbocycles. The second kappa shape index (κ2) is 8.13. The highest BCUT2D eigenvalue weighted by Crippen LogP contribution is 2.08. The maximum Gasteiger partial charge on any atom is 0.305 e. The summed E-state index contributed by atoms with van der Waals surface area (Å²) in [6, 6.07) is 9.27. The highest BCUT2D eigenvalue weighted by molar-refractivity contribution is 5.77. The van der Waals surface area contributed by atoms with Crippen molar-refractivity contribution in [1.82, 2.24) is 4.90 Å². The van der Waals surface area contributed by atoms with Gasteiger partial charge in [0.1, 0.15) is 5.75 Å². The fourth-order valence-electron chi connectivity index (χ4n) is 1.62. The van der Waals surface area contributed by atoms with Crippen LogP contribution in [0.3, 0.4) is 0 Å². The quantitative estimate of drug-likeness (QED) is 0.778. The van der Waals surface area contributed by atoms with Crippen LogP contribution >= 0.6 is 0 Å². The molecule has 0 aliphatic rings. The molecule has 0 aliphatic carbocycles. The third-order valence-corrected chi connectivity index (χ3v) is 2.66. The number of nitrogens with zero attached hydrogens (tertiary/aromatic N) is 1. The summed E-state index contributed by atoms with van der Waals surface area (Å²) in [5, 5.41) is 8.60. The number of carbonyl (C=O) groups is 2. The van der Waals surface area contributed by atoms with Crippen molar-refractivity contribution in [3.05, 3.63) is 30.3 Å². The van der Waals surface area contributed by atoms with E-state index in [1.807, 2.05) is 37.3 Å². The average Bonchev–Trinajstić information content (AvgIpc) is 2.40. The van der Waals surface area contributed by atoms with Gasteiger partial charge in [-0.25, -0.2) is 0 Å². The molecule has 1 amide bonds. The van der Waals surface area contributed by atoms with Crippen molar-refractivity contribution in [2.24, 2.45) is 0 Å². The van der Waals surface area contributed by atoms with Crippen LogP contribution in [0.1, 0.15) is 19.8 Å². The highest BCUT2D eigenvalue weighted by atomic mass is 16.5. The highest BCUT2D eigenvalue weighted by Gasteiger charge is 2.12. The number of carboxylic acid groups (broad SMARTS) is 1. The van der Waals surface area contributed by atoms with E-state index in [0.717, 1.165) is 5.75 Å². The number of carbonyl (C=O) groups excluding carboxylic acids is 1. The Bertz CT molecular complexity index is 405. The zero-order valence-corrected chi connectivity index (χ0v) is 11.0. The Hall–Kier alpha value is -2.04. The smallest absolute Gasteiger partial charge is 0.305 e. The molecule has 0 bridgehead atoms. The van der Waals surface area contributed by atoms with Crippen LogP contribution in [0.25, 0.3) is 0 Å². The molecule has 0 spiro atoms. The van der Waals surface area contributed by atoms with E-state index in [-0.39, 0.29) is 25.3 Å². The number of aliphatic carboxylic acids is 1. The van der Waals surface area contributed by atoms with E-state index in [4.69, 9.17) is 9.84 Å². The molecule has 5 nitrogen and oxygen atoms in total. The fraction of sp³-hybridized carbons (Fsp3) is 0.429. The van der Waals surface area contributed by atoms with Crippen LogP contribution in [0.2, 0.25) is 0 Å². The van der Waals surface area contributed by atoms with Crippen molar-refractivity contribution in [1.29, 1.82) is 0 Å². The van der Waals surface area contributed by atoms with Gasteiger partial charge in [0.2, 0.25) is 5.91 Å². The zero-order valence-electron chi connectivity index (χ0n) is 11.0. The molecule has 5 heteroatoms. The van der Waals surface area contributed by atoms with Gasteiger partial charge in [0.05, 0.1) is 19.4 Å². The molecule has 19 heavy (non-hydrogen) atoms. The summed E-state index contributed by atoms with van der Waals surface area (Å²) in [4.78, 5) is 23.8. The van der Waals surface area contributed by atoms with E-state index in [1.54, 1.807) is 0 Å². The van der Waals surface area contributed by atoms with Crippen molar-refractivity contribution < 1.29 is 19.4 Å².